The zero-order valence-electron chi connectivity index (χ0n) is 15.5. The highest BCUT2D eigenvalue weighted by Gasteiger charge is 2.29. The molecule has 1 aliphatic rings. The molecule has 0 aliphatic carbocycles. The molecule has 0 fully saturated rings. The van der Waals surface area contributed by atoms with E-state index < -0.39 is 0 Å². The monoisotopic (exact) mass is 422 g/mol. The van der Waals surface area contributed by atoms with Gasteiger partial charge < -0.3 is 5.32 Å². The predicted molar refractivity (Wildman–Crippen MR) is 110 cm³/mol. The van der Waals surface area contributed by atoms with Crippen LogP contribution in [0.1, 0.15) is 12.5 Å². The number of aromatic nitrogens is 5. The van der Waals surface area contributed by atoms with Crippen LogP contribution in [-0.2, 0) is 4.79 Å². The van der Waals surface area contributed by atoms with Gasteiger partial charge in [-0.25, -0.2) is 14.1 Å². The van der Waals surface area contributed by atoms with Crippen LogP contribution in [0.3, 0.4) is 0 Å². The lowest BCUT2D eigenvalue weighted by atomic mass is 10.2. The summed E-state index contributed by atoms with van der Waals surface area (Å²) >= 11 is 1.42. The van der Waals surface area contributed by atoms with Gasteiger partial charge in [-0.3, -0.25) is 19.1 Å². The highest BCUT2D eigenvalue weighted by Crippen LogP contribution is 2.33. The smallest absolute Gasteiger partial charge is 0.265 e. The average Bonchev–Trinajstić information content (AvgIpc) is 3.34. The van der Waals surface area contributed by atoms with Crippen molar-refractivity contribution in [3.05, 3.63) is 71.2 Å². The Labute approximate surface area is 173 Å². The Morgan fingerprint density at radius 1 is 1.23 bits per heavy atom. The molecule has 4 aromatic rings. The van der Waals surface area contributed by atoms with Crippen molar-refractivity contribution >= 4 is 34.4 Å². The van der Waals surface area contributed by atoms with Gasteiger partial charge in [0.25, 0.3) is 5.56 Å². The largest absolute Gasteiger partial charge is 0.325 e. The topological polar surface area (TPSA) is 94.7 Å². The van der Waals surface area contributed by atoms with Crippen LogP contribution in [0.5, 0.6) is 0 Å². The van der Waals surface area contributed by atoms with E-state index in [1.807, 2.05) is 0 Å². The van der Waals surface area contributed by atoms with Crippen molar-refractivity contribution in [2.75, 3.05) is 11.1 Å². The number of nitrogens with one attached hydrogen (secondary N) is 1. The quantitative estimate of drug-likeness (QED) is 0.508. The number of amides is 1. The summed E-state index contributed by atoms with van der Waals surface area (Å²) in [7, 11) is 0. The molecule has 0 radical (unpaired) electrons. The maximum absolute atomic E-state index is 13.2. The maximum Gasteiger partial charge on any atom is 0.265 e. The van der Waals surface area contributed by atoms with Crippen LogP contribution in [0.2, 0.25) is 0 Å². The Morgan fingerprint density at radius 3 is 2.83 bits per heavy atom. The second-order valence-corrected chi connectivity index (χ2v) is 7.79. The fourth-order valence-electron chi connectivity index (χ4n) is 3.41. The summed E-state index contributed by atoms with van der Waals surface area (Å²) in [5.74, 6) is 0.0155. The number of fused-ring (bicyclic) bond motifs is 2. The first kappa shape index (κ1) is 18.5. The molecule has 0 spiro atoms. The highest BCUT2D eigenvalue weighted by molar-refractivity contribution is 7.99. The SMILES string of the molecule is O=C(CC1CSc2nc3c(cnn3-c3ccc(F)cc3)c(=O)n21)Nc1cccnc1. The minimum atomic E-state index is -0.355. The molecule has 1 aromatic carbocycles. The first-order chi connectivity index (χ1) is 14.6. The Balaban J connectivity index is 1.46. The van der Waals surface area contributed by atoms with Gasteiger partial charge in [-0.2, -0.15) is 5.10 Å². The summed E-state index contributed by atoms with van der Waals surface area (Å²) in [5.41, 5.74) is 1.38. The van der Waals surface area contributed by atoms with Gasteiger partial charge in [0.15, 0.2) is 10.8 Å². The Kier molecular flexibility index (Phi) is 4.55. The number of rotatable bonds is 4. The van der Waals surface area contributed by atoms with E-state index in [9.17, 15) is 14.0 Å². The standard InChI is InChI=1S/C20H15FN6O2S/c21-12-3-5-14(6-4-12)27-18-16(10-23-27)19(29)26-15(11-30-20(26)25-18)8-17(28)24-13-2-1-7-22-9-13/h1-7,9-10,15H,8,11H2,(H,24,28). The molecule has 8 nitrogen and oxygen atoms in total. The molecule has 150 valence electrons. The summed E-state index contributed by atoms with van der Waals surface area (Å²) in [6.07, 6.45) is 4.80. The normalized spacial score (nSPS) is 15.3. The number of carbonyl (C=O) groups is 1. The van der Waals surface area contributed by atoms with Crippen LogP contribution in [0.4, 0.5) is 10.1 Å². The zero-order valence-corrected chi connectivity index (χ0v) is 16.3. The summed E-state index contributed by atoms with van der Waals surface area (Å²) < 4.78 is 16.3. The van der Waals surface area contributed by atoms with Gasteiger partial charge in [0.1, 0.15) is 11.2 Å². The zero-order chi connectivity index (χ0) is 20.7. The number of pyridine rings is 1. The number of hydrogen-bond acceptors (Lipinski definition) is 6. The van der Waals surface area contributed by atoms with Crippen molar-refractivity contribution in [1.29, 1.82) is 0 Å². The van der Waals surface area contributed by atoms with E-state index in [1.165, 1.54) is 34.8 Å². The van der Waals surface area contributed by atoms with Gasteiger partial charge in [-0.05, 0) is 36.4 Å². The minimum Gasteiger partial charge on any atom is -0.325 e. The number of thioether (sulfide) groups is 1. The molecule has 1 amide bonds. The lowest BCUT2D eigenvalue weighted by Gasteiger charge is -2.13. The number of anilines is 1. The third-order valence-corrected chi connectivity index (χ3v) is 5.91. The molecule has 1 atom stereocenters. The summed E-state index contributed by atoms with van der Waals surface area (Å²) in [6.45, 7) is 0. The summed E-state index contributed by atoms with van der Waals surface area (Å²) in [5, 5.41) is 7.94. The van der Waals surface area contributed by atoms with Crippen LogP contribution in [-0.4, -0.2) is 36.0 Å². The van der Waals surface area contributed by atoms with Crippen LogP contribution < -0.4 is 10.9 Å². The van der Waals surface area contributed by atoms with Crippen LogP contribution in [0.15, 0.2) is 64.9 Å². The van der Waals surface area contributed by atoms with E-state index in [-0.39, 0.29) is 29.7 Å². The van der Waals surface area contributed by atoms with Crippen molar-refractivity contribution < 1.29 is 9.18 Å². The highest BCUT2D eigenvalue weighted by atomic mass is 32.2. The number of carbonyl (C=O) groups excluding carboxylic acids is 1. The van der Waals surface area contributed by atoms with E-state index >= 15 is 0 Å². The number of nitrogens with zero attached hydrogens (tertiary/aromatic N) is 5. The molecule has 5 rings (SSSR count). The molecule has 4 heterocycles. The molecular formula is C20H15FN6O2S. The fourth-order valence-corrected chi connectivity index (χ4v) is 4.55. The van der Waals surface area contributed by atoms with Crippen molar-refractivity contribution in [2.24, 2.45) is 0 Å². The molecule has 10 heteroatoms. The van der Waals surface area contributed by atoms with Crippen molar-refractivity contribution in [2.45, 2.75) is 17.6 Å². The van der Waals surface area contributed by atoms with Gasteiger partial charge in [0.05, 0.1) is 29.8 Å². The Morgan fingerprint density at radius 2 is 2.07 bits per heavy atom. The van der Waals surface area contributed by atoms with Gasteiger partial charge >= 0.3 is 0 Å². The third kappa shape index (κ3) is 3.24. The molecule has 30 heavy (non-hydrogen) atoms. The lowest BCUT2D eigenvalue weighted by Crippen LogP contribution is -2.27. The van der Waals surface area contributed by atoms with Gasteiger partial charge in [-0.15, -0.1) is 0 Å². The van der Waals surface area contributed by atoms with Crippen molar-refractivity contribution in [3.63, 3.8) is 0 Å². The summed E-state index contributed by atoms with van der Waals surface area (Å²) in [4.78, 5) is 34.1. The molecule has 0 saturated carbocycles. The lowest BCUT2D eigenvalue weighted by molar-refractivity contribution is -0.116. The molecular weight excluding hydrogens is 407 g/mol. The molecule has 1 unspecified atom stereocenters. The fraction of sp³-hybridized carbons (Fsp3) is 0.150. The second kappa shape index (κ2) is 7.38. The van der Waals surface area contributed by atoms with E-state index in [0.717, 1.165) is 0 Å². The van der Waals surface area contributed by atoms with E-state index in [0.29, 0.717) is 33.3 Å². The Bertz CT molecular complexity index is 1300. The van der Waals surface area contributed by atoms with Crippen LogP contribution in [0, 0.1) is 5.82 Å². The molecule has 3 aromatic heterocycles. The second-order valence-electron chi connectivity index (χ2n) is 6.80. The number of halogens is 1. The predicted octanol–water partition coefficient (Wildman–Crippen LogP) is 2.79. The molecule has 0 saturated heterocycles. The number of hydrogen-bond donors (Lipinski definition) is 1. The minimum absolute atomic E-state index is 0.147. The van der Waals surface area contributed by atoms with Gasteiger partial charge in [0, 0.05) is 18.4 Å². The van der Waals surface area contributed by atoms with Crippen LogP contribution in [0.25, 0.3) is 16.7 Å². The summed E-state index contributed by atoms with van der Waals surface area (Å²) in [6, 6.07) is 8.99. The average molecular weight is 422 g/mol. The van der Waals surface area contributed by atoms with Crippen molar-refractivity contribution in [3.8, 4) is 5.69 Å². The van der Waals surface area contributed by atoms with Crippen molar-refractivity contribution in [1.82, 2.24) is 24.3 Å². The Hall–Kier alpha value is -3.53. The van der Waals surface area contributed by atoms with E-state index in [1.54, 1.807) is 41.2 Å². The molecule has 0 bridgehead atoms. The van der Waals surface area contributed by atoms with E-state index in [4.69, 9.17) is 0 Å². The number of benzene rings is 1. The van der Waals surface area contributed by atoms with Crippen LogP contribution >= 0.6 is 11.8 Å². The van der Waals surface area contributed by atoms with E-state index in [2.05, 4.69) is 20.4 Å². The third-order valence-electron chi connectivity index (χ3n) is 4.81. The van der Waals surface area contributed by atoms with Gasteiger partial charge in [-0.1, -0.05) is 11.8 Å². The first-order valence-electron chi connectivity index (χ1n) is 9.19. The van der Waals surface area contributed by atoms with Gasteiger partial charge in [0.2, 0.25) is 5.91 Å². The maximum atomic E-state index is 13.2. The molecule has 1 N–H and O–H groups in total. The molecule has 1 aliphatic heterocycles. The first-order valence-corrected chi connectivity index (χ1v) is 10.2.